The molecule has 7 nitrogen and oxygen atoms in total. The third kappa shape index (κ3) is 3.62. The summed E-state index contributed by atoms with van der Waals surface area (Å²) in [6.07, 6.45) is 4.17. The van der Waals surface area contributed by atoms with Gasteiger partial charge in [0.25, 0.3) is 0 Å². The molecule has 24 heavy (non-hydrogen) atoms. The van der Waals surface area contributed by atoms with Crippen molar-refractivity contribution in [2.75, 3.05) is 10.6 Å². The molecule has 3 rings (SSSR count). The van der Waals surface area contributed by atoms with E-state index in [0.717, 1.165) is 11.4 Å². The Morgan fingerprint density at radius 3 is 2.79 bits per heavy atom. The summed E-state index contributed by atoms with van der Waals surface area (Å²) in [4.78, 5) is 12.4. The molecule has 3 aromatic rings. The van der Waals surface area contributed by atoms with E-state index < -0.39 is 6.04 Å². The van der Waals surface area contributed by atoms with Crippen LogP contribution < -0.4 is 10.6 Å². The van der Waals surface area contributed by atoms with Gasteiger partial charge in [0.1, 0.15) is 11.8 Å². The molecule has 0 saturated carbocycles. The third-order valence-corrected chi connectivity index (χ3v) is 3.55. The van der Waals surface area contributed by atoms with Gasteiger partial charge in [0.2, 0.25) is 5.91 Å². The highest BCUT2D eigenvalue weighted by atomic mass is 16.5. The van der Waals surface area contributed by atoms with E-state index in [9.17, 15) is 4.79 Å². The van der Waals surface area contributed by atoms with Crippen LogP contribution in [-0.4, -0.2) is 26.9 Å². The second-order valence-corrected chi connectivity index (χ2v) is 5.43. The second-order valence-electron chi connectivity index (χ2n) is 5.43. The summed E-state index contributed by atoms with van der Waals surface area (Å²) >= 11 is 0. The number of para-hydroxylation sites is 1. The number of carbonyl (C=O) groups excluding carboxylic acids is 1. The summed E-state index contributed by atoms with van der Waals surface area (Å²) in [5.74, 6) is 0.895. The van der Waals surface area contributed by atoms with Crippen molar-refractivity contribution in [1.82, 2.24) is 14.9 Å². The van der Waals surface area contributed by atoms with Gasteiger partial charge in [-0.05, 0) is 25.5 Å². The van der Waals surface area contributed by atoms with Crippen LogP contribution in [0.15, 0.2) is 53.3 Å². The van der Waals surface area contributed by atoms with Crippen molar-refractivity contribution in [2.24, 2.45) is 0 Å². The van der Waals surface area contributed by atoms with Crippen molar-refractivity contribution in [2.45, 2.75) is 26.3 Å². The topological polar surface area (TPSA) is 85.0 Å². The van der Waals surface area contributed by atoms with Gasteiger partial charge in [-0.3, -0.25) is 4.79 Å². The molecule has 2 N–H and O–H groups in total. The van der Waals surface area contributed by atoms with Gasteiger partial charge in [-0.15, -0.1) is 0 Å². The fraction of sp³-hybridized carbons (Fsp3) is 0.235. The molecular formula is C17H19N5O2. The molecule has 0 bridgehead atoms. The second kappa shape index (κ2) is 6.99. The van der Waals surface area contributed by atoms with E-state index in [1.54, 1.807) is 23.9 Å². The van der Waals surface area contributed by atoms with Crippen LogP contribution in [0.1, 0.15) is 19.1 Å². The van der Waals surface area contributed by atoms with Crippen LogP contribution in [-0.2, 0) is 4.79 Å². The lowest BCUT2D eigenvalue weighted by atomic mass is 10.2. The molecule has 1 atom stereocenters. The Bertz CT molecular complexity index is 809. The average molecular weight is 325 g/mol. The Morgan fingerprint density at radius 1 is 1.33 bits per heavy atom. The maximum absolute atomic E-state index is 12.4. The van der Waals surface area contributed by atoms with Crippen LogP contribution >= 0.6 is 0 Å². The number of nitrogens with zero attached hydrogens (tertiary/aromatic N) is 3. The van der Waals surface area contributed by atoms with Crippen LogP contribution in [0.4, 0.5) is 11.5 Å². The number of aryl methyl sites for hydroxylation is 1. The van der Waals surface area contributed by atoms with Gasteiger partial charge in [-0.25, -0.2) is 4.68 Å². The van der Waals surface area contributed by atoms with Crippen LogP contribution in [0.2, 0.25) is 0 Å². The summed E-state index contributed by atoms with van der Waals surface area (Å²) < 4.78 is 6.71. The molecule has 0 fully saturated rings. The highest BCUT2D eigenvalue weighted by molar-refractivity contribution is 5.95. The Morgan fingerprint density at radius 2 is 2.12 bits per heavy atom. The number of rotatable bonds is 6. The van der Waals surface area contributed by atoms with Crippen LogP contribution in [0.5, 0.6) is 0 Å². The van der Waals surface area contributed by atoms with E-state index in [-0.39, 0.29) is 5.91 Å². The molecule has 0 radical (unpaired) electrons. The SMILES string of the molecule is CC[C@@H](Nc1cnn(-c2ccccc2)c1)C(=O)Nc1cc(C)on1. The minimum atomic E-state index is -0.393. The minimum absolute atomic E-state index is 0.168. The predicted molar refractivity (Wildman–Crippen MR) is 91.1 cm³/mol. The first-order valence-corrected chi connectivity index (χ1v) is 7.76. The van der Waals surface area contributed by atoms with Crippen LogP contribution in [0.25, 0.3) is 5.69 Å². The number of hydrogen-bond donors (Lipinski definition) is 2. The molecule has 2 aromatic heterocycles. The van der Waals surface area contributed by atoms with Gasteiger partial charge >= 0.3 is 0 Å². The van der Waals surface area contributed by atoms with E-state index >= 15 is 0 Å². The fourth-order valence-corrected chi connectivity index (χ4v) is 2.31. The summed E-state index contributed by atoms with van der Waals surface area (Å²) in [7, 11) is 0. The van der Waals surface area contributed by atoms with Crippen molar-refractivity contribution in [3.05, 3.63) is 54.6 Å². The number of carbonyl (C=O) groups is 1. The lowest BCUT2D eigenvalue weighted by Crippen LogP contribution is -2.34. The predicted octanol–water partition coefficient (Wildman–Crippen LogP) is 3.00. The Balaban J connectivity index is 1.67. The summed E-state index contributed by atoms with van der Waals surface area (Å²) in [5.41, 5.74) is 1.73. The molecule has 7 heteroatoms. The van der Waals surface area contributed by atoms with E-state index in [1.807, 2.05) is 43.5 Å². The number of benzene rings is 1. The van der Waals surface area contributed by atoms with E-state index in [0.29, 0.717) is 18.0 Å². The molecule has 0 aliphatic carbocycles. The molecule has 0 aliphatic heterocycles. The maximum atomic E-state index is 12.4. The third-order valence-electron chi connectivity index (χ3n) is 3.55. The lowest BCUT2D eigenvalue weighted by molar-refractivity contribution is -0.117. The molecule has 0 unspecified atom stereocenters. The normalized spacial score (nSPS) is 11.9. The molecule has 0 aliphatic rings. The number of hydrogen-bond acceptors (Lipinski definition) is 5. The van der Waals surface area contributed by atoms with Crippen molar-refractivity contribution >= 4 is 17.4 Å². The molecule has 0 saturated heterocycles. The van der Waals surface area contributed by atoms with Crippen LogP contribution in [0.3, 0.4) is 0 Å². The lowest BCUT2D eigenvalue weighted by Gasteiger charge is -2.15. The number of anilines is 2. The fourth-order valence-electron chi connectivity index (χ4n) is 2.31. The van der Waals surface area contributed by atoms with Gasteiger partial charge in [0.15, 0.2) is 5.82 Å². The van der Waals surface area contributed by atoms with E-state index in [4.69, 9.17) is 4.52 Å². The highest BCUT2D eigenvalue weighted by Crippen LogP contribution is 2.14. The van der Waals surface area contributed by atoms with E-state index in [1.165, 1.54) is 0 Å². The van der Waals surface area contributed by atoms with Crippen molar-refractivity contribution < 1.29 is 9.32 Å². The largest absolute Gasteiger partial charge is 0.371 e. The quantitative estimate of drug-likeness (QED) is 0.728. The zero-order valence-electron chi connectivity index (χ0n) is 13.6. The highest BCUT2D eigenvalue weighted by Gasteiger charge is 2.18. The first kappa shape index (κ1) is 15.8. The molecule has 1 aromatic carbocycles. The van der Waals surface area contributed by atoms with E-state index in [2.05, 4.69) is 20.9 Å². The Hall–Kier alpha value is -3.09. The first-order valence-electron chi connectivity index (χ1n) is 7.76. The number of amides is 1. The Labute approximate surface area is 139 Å². The zero-order chi connectivity index (χ0) is 16.9. The first-order chi connectivity index (χ1) is 11.7. The van der Waals surface area contributed by atoms with Crippen molar-refractivity contribution in [3.63, 3.8) is 0 Å². The van der Waals surface area contributed by atoms with Gasteiger partial charge in [0.05, 0.1) is 23.8 Å². The smallest absolute Gasteiger partial charge is 0.248 e. The molecule has 124 valence electrons. The molecule has 1 amide bonds. The zero-order valence-corrected chi connectivity index (χ0v) is 13.6. The molecule has 2 heterocycles. The summed E-state index contributed by atoms with van der Waals surface area (Å²) in [6.45, 7) is 3.71. The maximum Gasteiger partial charge on any atom is 0.248 e. The standard InChI is InChI=1S/C17H19N5O2/c1-3-15(17(23)20-16-9-12(2)24-21-16)19-13-10-18-22(11-13)14-7-5-4-6-8-14/h4-11,15,19H,3H2,1-2H3,(H,20,21,23)/t15-/m1/s1. The molecular weight excluding hydrogens is 306 g/mol. The van der Waals surface area contributed by atoms with Gasteiger partial charge < -0.3 is 15.2 Å². The average Bonchev–Trinajstić information content (AvgIpc) is 3.22. The minimum Gasteiger partial charge on any atom is -0.371 e. The molecule has 0 spiro atoms. The Kier molecular flexibility index (Phi) is 4.60. The van der Waals surface area contributed by atoms with Crippen molar-refractivity contribution in [1.29, 1.82) is 0 Å². The van der Waals surface area contributed by atoms with Gasteiger partial charge in [-0.2, -0.15) is 5.10 Å². The number of nitrogens with one attached hydrogen (secondary N) is 2. The van der Waals surface area contributed by atoms with Gasteiger partial charge in [0, 0.05) is 6.07 Å². The monoisotopic (exact) mass is 325 g/mol. The number of aromatic nitrogens is 3. The van der Waals surface area contributed by atoms with Crippen molar-refractivity contribution in [3.8, 4) is 5.69 Å². The van der Waals surface area contributed by atoms with Crippen LogP contribution in [0, 0.1) is 6.92 Å². The summed E-state index contributed by atoms with van der Waals surface area (Å²) in [6, 6.07) is 11.1. The summed E-state index contributed by atoms with van der Waals surface area (Å²) in [5, 5.41) is 14.0. The van der Waals surface area contributed by atoms with Gasteiger partial charge in [-0.1, -0.05) is 30.3 Å².